The van der Waals surface area contributed by atoms with E-state index >= 15 is 0 Å². The lowest BCUT2D eigenvalue weighted by molar-refractivity contribution is -0.124. The van der Waals surface area contributed by atoms with E-state index in [2.05, 4.69) is 20.7 Å². The van der Waals surface area contributed by atoms with Gasteiger partial charge in [0, 0.05) is 13.2 Å². The number of Topliss-reactive ketones (excluding diaryl/α,β-unsaturated/α-hetero) is 1. The molecule has 0 aliphatic heterocycles. The number of carbonyl (C=O) groups is 1. The molecule has 0 aliphatic rings. The van der Waals surface area contributed by atoms with Crippen molar-refractivity contribution in [2.75, 3.05) is 20.3 Å². The van der Waals surface area contributed by atoms with E-state index in [0.717, 1.165) is 0 Å². The number of ketones is 1. The van der Waals surface area contributed by atoms with E-state index < -0.39 is 5.82 Å². The Labute approximate surface area is 95.3 Å². The van der Waals surface area contributed by atoms with Gasteiger partial charge in [0.05, 0.1) is 4.47 Å². The van der Waals surface area contributed by atoms with Crippen molar-refractivity contribution < 1.29 is 18.7 Å². The minimum atomic E-state index is -0.410. The Bertz CT molecular complexity index is 355. The summed E-state index contributed by atoms with van der Waals surface area (Å²) in [7, 11) is 1.43. The van der Waals surface area contributed by atoms with Crippen molar-refractivity contribution >= 4 is 21.7 Å². The monoisotopic (exact) mass is 276 g/mol. The number of halogens is 2. The Morgan fingerprint density at radius 1 is 1.47 bits per heavy atom. The number of rotatable bonds is 5. The normalized spacial score (nSPS) is 10.1. The van der Waals surface area contributed by atoms with Gasteiger partial charge in [0.15, 0.2) is 5.78 Å². The molecule has 0 saturated carbocycles. The first-order valence-corrected chi connectivity index (χ1v) is 5.01. The molecule has 0 spiro atoms. The van der Waals surface area contributed by atoms with Crippen LogP contribution >= 0.6 is 15.9 Å². The number of methoxy groups -OCH3 is 1. The van der Waals surface area contributed by atoms with Gasteiger partial charge >= 0.3 is 0 Å². The summed E-state index contributed by atoms with van der Waals surface area (Å²) < 4.78 is 23.2. The average molecular weight is 277 g/mol. The van der Waals surface area contributed by atoms with Crippen LogP contribution in [0.4, 0.5) is 4.39 Å². The molecule has 5 heteroatoms. The maximum absolute atomic E-state index is 12.8. The van der Waals surface area contributed by atoms with Crippen LogP contribution in [0.2, 0.25) is 0 Å². The van der Waals surface area contributed by atoms with Crippen molar-refractivity contribution in [2.24, 2.45) is 0 Å². The van der Waals surface area contributed by atoms with E-state index in [1.54, 1.807) is 0 Å². The minimum absolute atomic E-state index is 0.00701. The Balaban J connectivity index is 2.57. The van der Waals surface area contributed by atoms with E-state index in [1.165, 1.54) is 25.3 Å². The molecular formula is C10H10BrFO3. The topological polar surface area (TPSA) is 35.5 Å². The zero-order chi connectivity index (χ0) is 11.3. The van der Waals surface area contributed by atoms with Crippen molar-refractivity contribution in [1.29, 1.82) is 0 Å². The summed E-state index contributed by atoms with van der Waals surface area (Å²) in [5.41, 5.74) is 0. The Morgan fingerprint density at radius 3 is 2.87 bits per heavy atom. The molecule has 0 unspecified atom stereocenters. The summed E-state index contributed by atoms with van der Waals surface area (Å²) >= 11 is 3.19. The second-order valence-electron chi connectivity index (χ2n) is 2.84. The third-order valence-corrected chi connectivity index (χ3v) is 2.24. The standard InChI is InChI=1S/C10H10BrFO3/c1-14-5-8(13)6-15-10-4-7(12)2-3-9(10)11/h2-4H,5-6H2,1H3. The molecule has 0 aliphatic carbocycles. The van der Waals surface area contributed by atoms with Crippen LogP contribution in [0, 0.1) is 5.82 Å². The maximum atomic E-state index is 12.8. The highest BCUT2D eigenvalue weighted by Gasteiger charge is 2.06. The maximum Gasteiger partial charge on any atom is 0.195 e. The molecule has 82 valence electrons. The van der Waals surface area contributed by atoms with Gasteiger partial charge in [-0.15, -0.1) is 0 Å². The van der Waals surface area contributed by atoms with Gasteiger partial charge in [0.2, 0.25) is 0 Å². The van der Waals surface area contributed by atoms with Crippen molar-refractivity contribution in [3.05, 3.63) is 28.5 Å². The van der Waals surface area contributed by atoms with Crippen molar-refractivity contribution in [3.8, 4) is 5.75 Å². The molecule has 0 N–H and O–H groups in total. The highest BCUT2D eigenvalue weighted by molar-refractivity contribution is 9.10. The summed E-state index contributed by atoms with van der Waals surface area (Å²) in [6.45, 7) is -0.136. The highest BCUT2D eigenvalue weighted by Crippen LogP contribution is 2.25. The third-order valence-electron chi connectivity index (χ3n) is 1.59. The van der Waals surface area contributed by atoms with E-state index in [4.69, 9.17) is 4.74 Å². The third kappa shape index (κ3) is 3.97. The van der Waals surface area contributed by atoms with Crippen LogP contribution in [0.25, 0.3) is 0 Å². The molecule has 0 amide bonds. The number of hydrogen-bond donors (Lipinski definition) is 0. The predicted octanol–water partition coefficient (Wildman–Crippen LogP) is 2.18. The fraction of sp³-hybridized carbons (Fsp3) is 0.300. The second kappa shape index (κ2) is 5.82. The second-order valence-corrected chi connectivity index (χ2v) is 3.69. The zero-order valence-corrected chi connectivity index (χ0v) is 9.71. The smallest absolute Gasteiger partial charge is 0.195 e. The van der Waals surface area contributed by atoms with E-state index in [1.807, 2.05) is 0 Å². The molecule has 1 aromatic rings. The molecule has 15 heavy (non-hydrogen) atoms. The molecule has 1 aromatic carbocycles. The Morgan fingerprint density at radius 2 is 2.20 bits per heavy atom. The fourth-order valence-electron chi connectivity index (χ4n) is 0.949. The molecule has 0 atom stereocenters. The number of benzene rings is 1. The van der Waals surface area contributed by atoms with Crippen LogP contribution in [0.1, 0.15) is 0 Å². The summed E-state index contributed by atoms with van der Waals surface area (Å²) in [4.78, 5) is 11.1. The van der Waals surface area contributed by atoms with Crippen LogP contribution in [0.3, 0.4) is 0 Å². The van der Waals surface area contributed by atoms with Gasteiger partial charge in [-0.25, -0.2) is 4.39 Å². The summed E-state index contributed by atoms with van der Waals surface area (Å²) in [5, 5.41) is 0. The lowest BCUT2D eigenvalue weighted by Crippen LogP contribution is -2.16. The van der Waals surface area contributed by atoms with Crippen molar-refractivity contribution in [3.63, 3.8) is 0 Å². The van der Waals surface area contributed by atoms with Crippen LogP contribution in [0.5, 0.6) is 5.75 Å². The van der Waals surface area contributed by atoms with Crippen molar-refractivity contribution in [2.45, 2.75) is 0 Å². The molecule has 1 rings (SSSR count). The van der Waals surface area contributed by atoms with Gasteiger partial charge < -0.3 is 9.47 Å². The van der Waals surface area contributed by atoms with Gasteiger partial charge in [-0.05, 0) is 28.1 Å². The quantitative estimate of drug-likeness (QED) is 0.827. The van der Waals surface area contributed by atoms with Gasteiger partial charge in [-0.3, -0.25) is 4.79 Å². The molecule has 0 saturated heterocycles. The lowest BCUT2D eigenvalue weighted by Gasteiger charge is -2.06. The summed E-state index contributed by atoms with van der Waals surface area (Å²) in [6, 6.07) is 4.03. The SMILES string of the molecule is COCC(=O)COc1cc(F)ccc1Br. The molecule has 0 heterocycles. The highest BCUT2D eigenvalue weighted by atomic mass is 79.9. The number of hydrogen-bond acceptors (Lipinski definition) is 3. The molecular weight excluding hydrogens is 267 g/mol. The molecule has 0 fully saturated rings. The van der Waals surface area contributed by atoms with Gasteiger partial charge in [-0.1, -0.05) is 0 Å². The van der Waals surface area contributed by atoms with Crippen LogP contribution in [0.15, 0.2) is 22.7 Å². The van der Waals surface area contributed by atoms with Gasteiger partial charge in [0.1, 0.15) is 24.8 Å². The number of carbonyl (C=O) groups excluding carboxylic acids is 1. The Hall–Kier alpha value is -0.940. The predicted molar refractivity (Wildman–Crippen MR) is 56.5 cm³/mol. The molecule has 3 nitrogen and oxygen atoms in total. The fourth-order valence-corrected chi connectivity index (χ4v) is 1.31. The van der Waals surface area contributed by atoms with Crippen LogP contribution in [-0.4, -0.2) is 26.1 Å². The molecule has 0 radical (unpaired) electrons. The van der Waals surface area contributed by atoms with E-state index in [-0.39, 0.29) is 19.0 Å². The first-order chi connectivity index (χ1) is 7.13. The minimum Gasteiger partial charge on any atom is -0.484 e. The molecule has 0 bridgehead atoms. The Kier molecular flexibility index (Phi) is 4.71. The van der Waals surface area contributed by atoms with E-state index in [9.17, 15) is 9.18 Å². The average Bonchev–Trinajstić information content (AvgIpc) is 2.20. The lowest BCUT2D eigenvalue weighted by atomic mass is 10.3. The van der Waals surface area contributed by atoms with Crippen LogP contribution < -0.4 is 4.74 Å². The zero-order valence-electron chi connectivity index (χ0n) is 8.13. The first-order valence-electron chi connectivity index (χ1n) is 4.22. The first kappa shape index (κ1) is 12.1. The van der Waals surface area contributed by atoms with Crippen molar-refractivity contribution in [1.82, 2.24) is 0 Å². The molecule has 0 aromatic heterocycles. The summed E-state index contributed by atoms with van der Waals surface area (Å²) in [6.07, 6.45) is 0. The van der Waals surface area contributed by atoms with E-state index in [0.29, 0.717) is 10.2 Å². The summed E-state index contributed by atoms with van der Waals surface area (Å²) in [5.74, 6) is -0.305. The number of ether oxygens (including phenoxy) is 2. The van der Waals surface area contributed by atoms with Gasteiger partial charge in [0.25, 0.3) is 0 Å². The van der Waals surface area contributed by atoms with Gasteiger partial charge in [-0.2, -0.15) is 0 Å². The van der Waals surface area contributed by atoms with Crippen LogP contribution in [-0.2, 0) is 9.53 Å². The largest absolute Gasteiger partial charge is 0.484 e.